The number of aliphatic carboxylic acids is 1. The number of pyridine rings is 1. The average Bonchev–Trinajstić information content (AvgIpc) is 4.07. The lowest BCUT2D eigenvalue weighted by atomic mass is 9.83. The molecule has 1 aliphatic carbocycles. The number of carbonyl (C=O) groups excluding carboxylic acids is 2. The molecule has 0 spiro atoms. The fraction of sp³-hybridized carbons (Fsp3) is 0.373. The first-order valence-corrected chi connectivity index (χ1v) is 24.6. The molecule has 3 N–H and O–H groups in total. The second kappa shape index (κ2) is 21.0. The van der Waals surface area contributed by atoms with E-state index in [1.807, 2.05) is 48.5 Å². The van der Waals surface area contributed by atoms with Crippen LogP contribution in [0.15, 0.2) is 109 Å². The maximum Gasteiger partial charge on any atom is 0.408 e. The van der Waals surface area contributed by atoms with E-state index in [-0.39, 0.29) is 71.1 Å². The van der Waals surface area contributed by atoms with E-state index in [2.05, 4.69) is 10.2 Å². The van der Waals surface area contributed by atoms with Crippen LogP contribution >= 0.6 is 35.0 Å². The molecule has 18 heteroatoms. The number of benzene rings is 4. The number of fused-ring (bicyclic) bond motifs is 3. The van der Waals surface area contributed by atoms with Crippen LogP contribution in [0.4, 0.5) is 13.6 Å². The molecule has 1 saturated carbocycles. The molecule has 69 heavy (non-hydrogen) atoms. The van der Waals surface area contributed by atoms with Gasteiger partial charge < -0.3 is 34.3 Å². The highest BCUT2D eigenvalue weighted by molar-refractivity contribution is 8.01. The number of hydrogen-bond donors (Lipinski definition) is 3. The molecule has 4 atom stereocenters. The Hall–Kier alpha value is -5.81. The molecule has 4 aromatic carbocycles. The van der Waals surface area contributed by atoms with Crippen LogP contribution in [0.2, 0.25) is 10.0 Å². The summed E-state index contributed by atoms with van der Waals surface area (Å²) in [5.74, 6) is -1.86. The van der Waals surface area contributed by atoms with Gasteiger partial charge in [0.2, 0.25) is 12.4 Å². The molecule has 5 aliphatic rings. The largest absolute Gasteiger partial charge is 0.489 e. The molecule has 5 heterocycles. The molecule has 4 aliphatic heterocycles. The van der Waals surface area contributed by atoms with Crippen molar-refractivity contribution < 1.29 is 57.2 Å². The van der Waals surface area contributed by atoms with Crippen molar-refractivity contribution in [1.82, 2.24) is 15.1 Å². The van der Waals surface area contributed by atoms with Gasteiger partial charge in [-0.15, -0.1) is 11.8 Å². The predicted octanol–water partition coefficient (Wildman–Crippen LogP) is 9.39. The number of piperidine rings is 3. The highest BCUT2D eigenvalue weighted by Gasteiger charge is 2.57. The summed E-state index contributed by atoms with van der Waals surface area (Å²) in [6.45, 7) is -0.00595. The monoisotopic (exact) mass is 1000 g/mol. The molecule has 2 bridgehead atoms. The van der Waals surface area contributed by atoms with Gasteiger partial charge in [0.1, 0.15) is 28.5 Å². The van der Waals surface area contributed by atoms with Crippen LogP contribution in [0, 0.1) is 11.8 Å². The van der Waals surface area contributed by atoms with Crippen molar-refractivity contribution in [3.05, 3.63) is 153 Å². The van der Waals surface area contributed by atoms with E-state index in [4.69, 9.17) is 42.1 Å². The highest BCUT2D eigenvalue weighted by Crippen LogP contribution is 2.51. The maximum atomic E-state index is 14.8. The molecule has 13 nitrogen and oxygen atoms in total. The standard InChI is InChI=1S/C51H50Cl2F2N4O9S/c52-41-26-58(64)27-42(53)39(41)25-40(35-14-15-43(67-49(54)55)44(24-35)66-29-31-12-13-31)51(48(61)62)59(20-21-69-51)47(60)37-10-4-6-32(22-37)30-65-38-11-5-9-36(23-38)46(34-7-2-1-3-8-34)56-50(63)68-45-28-57-18-16-33(45)17-19-57/h1-11,14-15,22-24,26-27,31,33,40,45-46,49H,12-13,16-21,25,28-30H2,(H2-,56,61,62,63,64)/p+1/t40-,45-,46-,51-/m0/s1. The summed E-state index contributed by atoms with van der Waals surface area (Å²) >= 11 is 14.3. The molecule has 0 radical (unpaired) electrons. The number of alkyl halides is 2. The summed E-state index contributed by atoms with van der Waals surface area (Å²) in [7, 11) is 0. The zero-order valence-corrected chi connectivity index (χ0v) is 39.7. The molecule has 5 fully saturated rings. The summed E-state index contributed by atoms with van der Waals surface area (Å²) in [6, 6.07) is 27.5. The van der Waals surface area contributed by atoms with Crippen LogP contribution in [0.25, 0.3) is 0 Å². The summed E-state index contributed by atoms with van der Waals surface area (Å²) < 4.78 is 51.0. The van der Waals surface area contributed by atoms with E-state index >= 15 is 0 Å². The molecule has 362 valence electrons. The van der Waals surface area contributed by atoms with Crippen molar-refractivity contribution in [3.63, 3.8) is 0 Å². The van der Waals surface area contributed by atoms with Gasteiger partial charge in [-0.05, 0) is 116 Å². The van der Waals surface area contributed by atoms with Crippen LogP contribution in [-0.2, 0) is 22.6 Å². The Morgan fingerprint density at radius 1 is 0.841 bits per heavy atom. The number of aromatic nitrogens is 1. The van der Waals surface area contributed by atoms with Gasteiger partial charge in [0, 0.05) is 40.6 Å². The quantitative estimate of drug-likeness (QED) is 0.0569. The summed E-state index contributed by atoms with van der Waals surface area (Å²) in [4.78, 5) is 43.9. The second-order valence-corrected chi connectivity index (χ2v) is 20.0. The Morgan fingerprint density at radius 2 is 1.58 bits per heavy atom. The lowest BCUT2D eigenvalue weighted by molar-refractivity contribution is -0.904. The zero-order chi connectivity index (χ0) is 48.2. The van der Waals surface area contributed by atoms with Gasteiger partial charge in [-0.25, -0.2) is 9.59 Å². The number of thioether (sulfide) groups is 1. The van der Waals surface area contributed by atoms with Gasteiger partial charge in [-0.2, -0.15) is 8.78 Å². The second-order valence-electron chi connectivity index (χ2n) is 17.8. The number of halogens is 4. The van der Waals surface area contributed by atoms with Crippen LogP contribution < -0.4 is 24.3 Å². The minimum atomic E-state index is -3.15. The summed E-state index contributed by atoms with van der Waals surface area (Å²) in [5, 5.41) is 24.7. The van der Waals surface area contributed by atoms with E-state index in [0.717, 1.165) is 68.2 Å². The molecular weight excluding hydrogens is 954 g/mol. The lowest BCUT2D eigenvalue weighted by Crippen LogP contribution is -2.55. The molecule has 10 rings (SSSR count). The number of rotatable bonds is 18. The van der Waals surface area contributed by atoms with Crippen molar-refractivity contribution >= 4 is 52.9 Å². The molecule has 5 aromatic rings. The van der Waals surface area contributed by atoms with Gasteiger partial charge in [0.25, 0.3) is 5.91 Å². The Labute approximate surface area is 412 Å². The third-order valence-electron chi connectivity index (χ3n) is 13.3. The number of carboxylic acids is 1. The first kappa shape index (κ1) is 48.2. The fourth-order valence-corrected chi connectivity index (χ4v) is 11.7. The Morgan fingerprint density at radius 3 is 2.28 bits per heavy atom. The molecular formula is C51H51Cl2F2N4O9S+. The minimum Gasteiger partial charge on any atom is -0.489 e. The van der Waals surface area contributed by atoms with E-state index < -0.39 is 41.4 Å². The fourth-order valence-electron chi connectivity index (χ4n) is 9.60. The molecule has 4 saturated heterocycles. The number of amides is 2. The molecule has 1 aromatic heterocycles. The Kier molecular flexibility index (Phi) is 14.7. The molecule has 0 unspecified atom stereocenters. The first-order valence-electron chi connectivity index (χ1n) is 22.9. The van der Waals surface area contributed by atoms with Gasteiger partial charge in [-0.1, -0.05) is 83.9 Å². The number of hydrogen-bond acceptors (Lipinski definition) is 10. The first-order chi connectivity index (χ1) is 33.3. The number of alkyl carbamates (subject to hydrolysis) is 1. The van der Waals surface area contributed by atoms with Crippen LogP contribution in [0.1, 0.15) is 75.8 Å². The number of carbonyl (C=O) groups is 3. The minimum absolute atomic E-state index is 0.00294. The van der Waals surface area contributed by atoms with E-state index in [1.165, 1.54) is 35.5 Å². The average molecular weight is 1000 g/mol. The van der Waals surface area contributed by atoms with Gasteiger partial charge >= 0.3 is 18.7 Å². The predicted molar refractivity (Wildman–Crippen MR) is 254 cm³/mol. The van der Waals surface area contributed by atoms with E-state index in [0.29, 0.717) is 33.1 Å². The third-order valence-corrected chi connectivity index (χ3v) is 15.5. The maximum absolute atomic E-state index is 14.8. The van der Waals surface area contributed by atoms with Gasteiger partial charge in [0.15, 0.2) is 16.4 Å². The van der Waals surface area contributed by atoms with E-state index in [9.17, 15) is 33.5 Å². The van der Waals surface area contributed by atoms with Crippen molar-refractivity contribution in [1.29, 1.82) is 0 Å². The number of carboxylic acid groups (broad SMARTS) is 1. The van der Waals surface area contributed by atoms with Crippen LogP contribution in [0.3, 0.4) is 0 Å². The number of ether oxygens (including phenoxy) is 4. The zero-order valence-electron chi connectivity index (χ0n) is 37.4. The summed E-state index contributed by atoms with van der Waals surface area (Å²) in [5.41, 5.74) is 3.09. The van der Waals surface area contributed by atoms with Crippen molar-refractivity contribution in [2.24, 2.45) is 11.8 Å². The highest BCUT2D eigenvalue weighted by atomic mass is 35.5. The Bertz CT molecular complexity index is 2650. The van der Waals surface area contributed by atoms with E-state index in [1.54, 1.807) is 30.3 Å². The van der Waals surface area contributed by atoms with Gasteiger partial charge in [-0.3, -0.25) is 14.9 Å². The van der Waals surface area contributed by atoms with Gasteiger partial charge in [0.05, 0.1) is 12.6 Å². The molecule has 2 amide bonds. The third kappa shape index (κ3) is 11.0. The van der Waals surface area contributed by atoms with Crippen LogP contribution in [-0.4, -0.2) is 94.2 Å². The normalized spacial score (nSPS) is 21.6. The van der Waals surface area contributed by atoms with Crippen molar-refractivity contribution in [3.8, 4) is 17.2 Å². The number of nitrogens with one attached hydrogen (secondary N) is 1. The van der Waals surface area contributed by atoms with Crippen LogP contribution in [0.5, 0.6) is 17.2 Å². The topological polar surface area (TPSA) is 151 Å². The SMILES string of the molecule is O=C(N[C@@H](c1ccccc1)c1cccc(OCc2cccc(C(=O)N3CCS[C@]3(C(=O)O)[C@@H](Cc3c(Cl)c[n+](O)cc3Cl)c3ccc(OC(F)F)c(OCC4CC4)c3)c2)c1)O[C@H]1CN2CCC1CC2. The summed E-state index contributed by atoms with van der Waals surface area (Å²) in [6.07, 6.45) is 5.50. The number of nitrogens with zero attached hydrogens (tertiary/aromatic N) is 3. The lowest BCUT2D eigenvalue weighted by Gasteiger charge is -2.43. The Balaban J connectivity index is 0.971. The smallest absolute Gasteiger partial charge is 0.408 e. The van der Waals surface area contributed by atoms with Crippen molar-refractivity contribution in [2.45, 2.75) is 68.3 Å². The van der Waals surface area contributed by atoms with Crippen molar-refractivity contribution in [2.75, 3.05) is 38.5 Å².